The lowest BCUT2D eigenvalue weighted by Gasteiger charge is -2.34. The molecule has 0 bridgehead atoms. The molecule has 1 aliphatic rings. The first-order valence-electron chi connectivity index (χ1n) is 6.30. The number of anilines is 1. The van der Waals surface area contributed by atoms with Crippen molar-refractivity contribution in [3.8, 4) is 0 Å². The van der Waals surface area contributed by atoms with Gasteiger partial charge >= 0.3 is 5.97 Å². The molecule has 1 saturated heterocycles. The van der Waals surface area contributed by atoms with Crippen LogP contribution in [0.1, 0.15) is 28.7 Å². The Morgan fingerprint density at radius 3 is 2.56 bits per heavy atom. The molecule has 18 heavy (non-hydrogen) atoms. The molecule has 1 aromatic heterocycles. The number of aromatic carboxylic acids is 1. The van der Waals surface area contributed by atoms with Crippen LogP contribution in [0.15, 0.2) is 0 Å². The Labute approximate surface area is 111 Å². The lowest BCUT2D eigenvalue weighted by atomic mass is 10.3. The van der Waals surface area contributed by atoms with Gasteiger partial charge in [-0.25, -0.2) is 9.78 Å². The number of carboxylic acid groups (broad SMARTS) is 1. The van der Waals surface area contributed by atoms with Gasteiger partial charge in [0.05, 0.1) is 5.69 Å². The summed E-state index contributed by atoms with van der Waals surface area (Å²) in [6, 6.07) is 0. The van der Waals surface area contributed by atoms with Gasteiger partial charge in [0.1, 0.15) is 4.88 Å². The molecule has 5 nitrogen and oxygen atoms in total. The van der Waals surface area contributed by atoms with Crippen LogP contribution in [0.3, 0.4) is 0 Å². The third-order valence-corrected chi connectivity index (χ3v) is 4.37. The van der Waals surface area contributed by atoms with Gasteiger partial charge in [0.25, 0.3) is 0 Å². The van der Waals surface area contributed by atoms with Crippen LogP contribution in [0.25, 0.3) is 0 Å². The SMILES string of the molecule is CCCN1CCN(c2nc(C)c(C(=O)O)s2)CC1. The Morgan fingerprint density at radius 2 is 2.06 bits per heavy atom. The monoisotopic (exact) mass is 269 g/mol. The van der Waals surface area contributed by atoms with Crippen molar-refractivity contribution < 1.29 is 9.90 Å². The smallest absolute Gasteiger partial charge is 0.347 e. The maximum atomic E-state index is 11.0. The number of carbonyl (C=O) groups is 1. The van der Waals surface area contributed by atoms with Crippen LogP contribution in [0, 0.1) is 6.92 Å². The minimum absolute atomic E-state index is 0.362. The highest BCUT2D eigenvalue weighted by molar-refractivity contribution is 7.17. The summed E-state index contributed by atoms with van der Waals surface area (Å²) in [5.74, 6) is -0.874. The van der Waals surface area contributed by atoms with E-state index < -0.39 is 5.97 Å². The third kappa shape index (κ3) is 2.81. The topological polar surface area (TPSA) is 56.7 Å². The maximum Gasteiger partial charge on any atom is 0.347 e. The fourth-order valence-electron chi connectivity index (χ4n) is 2.19. The van der Waals surface area contributed by atoms with Crippen molar-refractivity contribution in [3.05, 3.63) is 10.6 Å². The van der Waals surface area contributed by atoms with E-state index >= 15 is 0 Å². The summed E-state index contributed by atoms with van der Waals surface area (Å²) in [7, 11) is 0. The summed E-state index contributed by atoms with van der Waals surface area (Å²) in [4.78, 5) is 20.4. The van der Waals surface area contributed by atoms with Gasteiger partial charge in [0, 0.05) is 26.2 Å². The van der Waals surface area contributed by atoms with Crippen LogP contribution in [-0.4, -0.2) is 53.7 Å². The zero-order valence-electron chi connectivity index (χ0n) is 10.8. The Bertz CT molecular complexity index is 425. The predicted octanol–water partition coefficient (Wildman–Crippen LogP) is 1.68. The maximum absolute atomic E-state index is 11.0. The Morgan fingerprint density at radius 1 is 1.39 bits per heavy atom. The molecule has 0 spiro atoms. The summed E-state index contributed by atoms with van der Waals surface area (Å²) < 4.78 is 0. The average molecular weight is 269 g/mol. The van der Waals surface area contributed by atoms with Crippen molar-refractivity contribution in [2.24, 2.45) is 0 Å². The van der Waals surface area contributed by atoms with Gasteiger partial charge < -0.3 is 10.0 Å². The largest absolute Gasteiger partial charge is 0.477 e. The lowest BCUT2D eigenvalue weighted by Crippen LogP contribution is -2.46. The second-order valence-corrected chi connectivity index (χ2v) is 5.52. The fraction of sp³-hybridized carbons (Fsp3) is 0.667. The molecular formula is C12H19N3O2S. The normalized spacial score (nSPS) is 17.1. The first-order chi connectivity index (χ1) is 8.61. The average Bonchev–Trinajstić information content (AvgIpc) is 2.73. The second kappa shape index (κ2) is 5.67. The van der Waals surface area contributed by atoms with Gasteiger partial charge in [-0.15, -0.1) is 0 Å². The van der Waals surface area contributed by atoms with Crippen molar-refractivity contribution in [1.29, 1.82) is 0 Å². The number of aromatic nitrogens is 1. The number of thiazole rings is 1. The summed E-state index contributed by atoms with van der Waals surface area (Å²) in [5, 5.41) is 9.88. The molecule has 0 amide bonds. The second-order valence-electron chi connectivity index (χ2n) is 4.54. The standard InChI is InChI=1S/C12H19N3O2S/c1-3-4-14-5-7-15(8-6-14)12-13-9(2)10(18-12)11(16)17/h3-8H2,1-2H3,(H,16,17). The van der Waals surface area contributed by atoms with Gasteiger partial charge in [-0.3, -0.25) is 4.90 Å². The van der Waals surface area contributed by atoms with Crippen LogP contribution in [-0.2, 0) is 0 Å². The molecule has 1 N–H and O–H groups in total. The Hall–Kier alpha value is -1.14. The molecule has 0 atom stereocenters. The van der Waals surface area contributed by atoms with Crippen LogP contribution in [0.4, 0.5) is 5.13 Å². The highest BCUT2D eigenvalue weighted by Gasteiger charge is 2.21. The van der Waals surface area contributed by atoms with Gasteiger partial charge in [0.2, 0.25) is 0 Å². The fourth-order valence-corrected chi connectivity index (χ4v) is 3.15. The molecule has 100 valence electrons. The van der Waals surface area contributed by atoms with Gasteiger partial charge in [-0.1, -0.05) is 18.3 Å². The lowest BCUT2D eigenvalue weighted by molar-refractivity contribution is 0.0701. The van der Waals surface area contributed by atoms with E-state index in [1.807, 2.05) is 0 Å². The van der Waals surface area contributed by atoms with Crippen molar-refractivity contribution >= 4 is 22.4 Å². The van der Waals surface area contributed by atoms with E-state index in [-0.39, 0.29) is 0 Å². The molecule has 2 heterocycles. The summed E-state index contributed by atoms with van der Waals surface area (Å²) in [5.41, 5.74) is 0.624. The predicted molar refractivity (Wildman–Crippen MR) is 72.8 cm³/mol. The van der Waals surface area contributed by atoms with Gasteiger partial charge in [-0.2, -0.15) is 0 Å². The highest BCUT2D eigenvalue weighted by atomic mass is 32.1. The summed E-state index contributed by atoms with van der Waals surface area (Å²) >= 11 is 1.29. The van der Waals surface area contributed by atoms with Crippen molar-refractivity contribution in [2.75, 3.05) is 37.6 Å². The molecule has 0 saturated carbocycles. The van der Waals surface area contributed by atoms with E-state index in [0.29, 0.717) is 10.6 Å². The molecular weight excluding hydrogens is 250 g/mol. The van der Waals surface area contributed by atoms with E-state index in [2.05, 4.69) is 21.7 Å². The molecule has 1 aromatic rings. The van der Waals surface area contributed by atoms with Crippen molar-refractivity contribution in [3.63, 3.8) is 0 Å². The van der Waals surface area contributed by atoms with Crippen LogP contribution < -0.4 is 4.90 Å². The van der Waals surface area contributed by atoms with E-state index in [1.54, 1.807) is 6.92 Å². The molecule has 0 unspecified atom stereocenters. The number of aryl methyl sites for hydroxylation is 1. The number of rotatable bonds is 4. The summed E-state index contributed by atoms with van der Waals surface area (Å²) in [6.07, 6.45) is 1.18. The minimum Gasteiger partial charge on any atom is -0.477 e. The molecule has 0 radical (unpaired) electrons. The van der Waals surface area contributed by atoms with Crippen molar-refractivity contribution in [1.82, 2.24) is 9.88 Å². The molecule has 0 aromatic carbocycles. The first kappa shape index (κ1) is 13.3. The number of hydrogen-bond donors (Lipinski definition) is 1. The van der Waals surface area contributed by atoms with Crippen LogP contribution in [0.5, 0.6) is 0 Å². The first-order valence-corrected chi connectivity index (χ1v) is 7.11. The minimum atomic E-state index is -0.874. The van der Waals surface area contributed by atoms with E-state index in [4.69, 9.17) is 5.11 Å². The Balaban J connectivity index is 2.01. The molecule has 2 rings (SSSR count). The van der Waals surface area contributed by atoms with Gasteiger partial charge in [-0.05, 0) is 19.9 Å². The molecule has 1 aliphatic heterocycles. The third-order valence-electron chi connectivity index (χ3n) is 3.16. The van der Waals surface area contributed by atoms with E-state index in [0.717, 1.165) is 37.9 Å². The Kier molecular flexibility index (Phi) is 4.19. The number of piperazine rings is 1. The van der Waals surface area contributed by atoms with Crippen LogP contribution >= 0.6 is 11.3 Å². The summed E-state index contributed by atoms with van der Waals surface area (Å²) in [6.45, 7) is 9.04. The molecule has 6 heteroatoms. The molecule has 0 aliphatic carbocycles. The molecule has 1 fully saturated rings. The zero-order chi connectivity index (χ0) is 13.1. The van der Waals surface area contributed by atoms with Crippen LogP contribution in [0.2, 0.25) is 0 Å². The number of carboxylic acids is 1. The van der Waals surface area contributed by atoms with Gasteiger partial charge in [0.15, 0.2) is 5.13 Å². The van der Waals surface area contributed by atoms with E-state index in [9.17, 15) is 4.79 Å². The number of hydrogen-bond acceptors (Lipinski definition) is 5. The quantitative estimate of drug-likeness (QED) is 0.901. The number of nitrogens with zero attached hydrogens (tertiary/aromatic N) is 3. The zero-order valence-corrected chi connectivity index (χ0v) is 11.7. The van der Waals surface area contributed by atoms with Crippen molar-refractivity contribution in [2.45, 2.75) is 20.3 Å². The highest BCUT2D eigenvalue weighted by Crippen LogP contribution is 2.26. The van der Waals surface area contributed by atoms with E-state index in [1.165, 1.54) is 17.8 Å².